The summed E-state index contributed by atoms with van der Waals surface area (Å²) in [5.74, 6) is 0.912. The molecule has 0 spiro atoms. The fraction of sp³-hybridized carbons (Fsp3) is 0.250. The number of piperazine rings is 1. The van der Waals surface area contributed by atoms with Crippen LogP contribution in [0.15, 0.2) is 78.9 Å². The van der Waals surface area contributed by atoms with Gasteiger partial charge in [-0.05, 0) is 31.5 Å². The molecule has 1 amide bonds. The first-order valence-corrected chi connectivity index (χ1v) is 11.6. The number of hydrogen-bond donors (Lipinski definition) is 1. The quantitative estimate of drug-likeness (QED) is 0.493. The first-order valence-electron chi connectivity index (χ1n) is 11.6. The average molecular weight is 453 g/mol. The lowest BCUT2D eigenvalue weighted by Crippen LogP contribution is -2.58. The Morgan fingerprint density at radius 1 is 0.853 bits per heavy atom. The number of aromatic nitrogens is 2. The van der Waals surface area contributed by atoms with Gasteiger partial charge in [-0.25, -0.2) is 0 Å². The van der Waals surface area contributed by atoms with Crippen LogP contribution in [0.5, 0.6) is 0 Å². The van der Waals surface area contributed by atoms with Gasteiger partial charge in [-0.15, -0.1) is 10.2 Å². The Morgan fingerprint density at radius 3 is 2.24 bits per heavy atom. The molecule has 4 aromatic rings. The Morgan fingerprint density at radius 2 is 1.53 bits per heavy atom. The molecule has 2 heterocycles. The first-order chi connectivity index (χ1) is 16.6. The number of carbonyl (C=O) groups excluding carboxylic acids is 1. The maximum absolute atomic E-state index is 13.1. The van der Waals surface area contributed by atoms with Crippen LogP contribution in [0.3, 0.4) is 0 Å². The minimum atomic E-state index is 0.0144. The Kier molecular flexibility index (Phi) is 5.99. The van der Waals surface area contributed by atoms with E-state index in [1.807, 2.05) is 71.6 Å². The molecule has 0 bridgehead atoms. The fourth-order valence-electron chi connectivity index (χ4n) is 4.73. The summed E-state index contributed by atoms with van der Waals surface area (Å²) in [6.45, 7) is 5.54. The van der Waals surface area contributed by atoms with Crippen molar-refractivity contribution in [1.29, 1.82) is 0 Å². The molecule has 2 atom stereocenters. The topological polar surface area (TPSA) is 69.6 Å². The van der Waals surface area contributed by atoms with Gasteiger partial charge in [0.15, 0.2) is 5.82 Å². The van der Waals surface area contributed by atoms with Gasteiger partial charge in [0.1, 0.15) is 5.69 Å². The molecule has 1 aliphatic heterocycles. The van der Waals surface area contributed by atoms with Crippen molar-refractivity contribution in [3.05, 3.63) is 90.0 Å². The van der Waals surface area contributed by atoms with Crippen molar-refractivity contribution in [2.75, 3.05) is 18.0 Å². The van der Waals surface area contributed by atoms with E-state index >= 15 is 0 Å². The van der Waals surface area contributed by atoms with Crippen LogP contribution in [0.1, 0.15) is 29.8 Å². The Labute approximate surface area is 199 Å². The van der Waals surface area contributed by atoms with Gasteiger partial charge >= 0.3 is 0 Å². The molecule has 1 aliphatic rings. The second kappa shape index (κ2) is 9.23. The molecule has 172 valence electrons. The molecule has 1 aromatic heterocycles. The number of amides is 1. The highest BCUT2D eigenvalue weighted by Gasteiger charge is 2.34. The maximum atomic E-state index is 13.1. The molecule has 6 nitrogen and oxygen atoms in total. The van der Waals surface area contributed by atoms with E-state index in [1.165, 1.54) is 0 Å². The molecule has 0 saturated carbocycles. The van der Waals surface area contributed by atoms with Crippen LogP contribution in [0.25, 0.3) is 22.0 Å². The largest absolute Gasteiger partial charge is 0.392 e. The molecule has 0 aliphatic carbocycles. The van der Waals surface area contributed by atoms with Crippen LogP contribution in [0.4, 0.5) is 5.82 Å². The number of aliphatic hydroxyl groups excluding tert-OH is 1. The van der Waals surface area contributed by atoms with Crippen molar-refractivity contribution in [2.45, 2.75) is 32.5 Å². The maximum Gasteiger partial charge on any atom is 0.254 e. The zero-order valence-electron chi connectivity index (χ0n) is 19.4. The summed E-state index contributed by atoms with van der Waals surface area (Å²) in [6.07, 6.45) is 0. The Balaban J connectivity index is 1.47. The first kappa shape index (κ1) is 22.0. The molecule has 1 saturated heterocycles. The number of aliphatic hydroxyl groups is 1. The zero-order valence-corrected chi connectivity index (χ0v) is 19.4. The van der Waals surface area contributed by atoms with Crippen LogP contribution >= 0.6 is 0 Å². The van der Waals surface area contributed by atoms with E-state index < -0.39 is 0 Å². The molecule has 3 aromatic carbocycles. The molecular weight excluding hydrogens is 424 g/mol. The van der Waals surface area contributed by atoms with Gasteiger partial charge in [-0.3, -0.25) is 4.79 Å². The summed E-state index contributed by atoms with van der Waals surface area (Å²) >= 11 is 0. The summed E-state index contributed by atoms with van der Waals surface area (Å²) < 4.78 is 0. The molecule has 6 heteroatoms. The van der Waals surface area contributed by atoms with Crippen molar-refractivity contribution in [1.82, 2.24) is 15.1 Å². The molecule has 1 fully saturated rings. The highest BCUT2D eigenvalue weighted by molar-refractivity contribution is 6.00. The molecule has 5 rings (SSSR count). The summed E-state index contributed by atoms with van der Waals surface area (Å²) in [6, 6.07) is 25.6. The number of fused-ring (bicyclic) bond motifs is 1. The summed E-state index contributed by atoms with van der Waals surface area (Å²) in [4.78, 5) is 17.4. The van der Waals surface area contributed by atoms with E-state index in [9.17, 15) is 9.90 Å². The Bertz CT molecular complexity index is 1310. The van der Waals surface area contributed by atoms with E-state index in [2.05, 4.69) is 41.1 Å². The lowest BCUT2D eigenvalue weighted by atomic mass is 10.0. The summed E-state index contributed by atoms with van der Waals surface area (Å²) in [5.41, 5.74) is 3.37. The number of rotatable bonds is 4. The number of carbonyl (C=O) groups is 1. The fourth-order valence-corrected chi connectivity index (χ4v) is 4.73. The summed E-state index contributed by atoms with van der Waals surface area (Å²) in [7, 11) is 0. The van der Waals surface area contributed by atoms with Gasteiger partial charge in [0.25, 0.3) is 5.91 Å². The Hall–Kier alpha value is -3.77. The highest BCUT2D eigenvalue weighted by Crippen LogP contribution is 2.33. The number of nitrogens with zero attached hydrogens (tertiary/aromatic N) is 4. The normalized spacial score (nSPS) is 18.3. The number of benzene rings is 3. The van der Waals surface area contributed by atoms with Crippen molar-refractivity contribution in [2.24, 2.45) is 0 Å². The van der Waals surface area contributed by atoms with Crippen LogP contribution in [0, 0.1) is 0 Å². The van der Waals surface area contributed by atoms with Crippen LogP contribution in [0.2, 0.25) is 0 Å². The molecule has 0 radical (unpaired) electrons. The molecule has 34 heavy (non-hydrogen) atoms. The van der Waals surface area contributed by atoms with Gasteiger partial charge in [0.2, 0.25) is 0 Å². The zero-order chi connectivity index (χ0) is 23.7. The second-order valence-corrected chi connectivity index (χ2v) is 8.95. The van der Waals surface area contributed by atoms with Gasteiger partial charge in [0.05, 0.1) is 6.61 Å². The minimum Gasteiger partial charge on any atom is -0.392 e. The van der Waals surface area contributed by atoms with Crippen molar-refractivity contribution >= 4 is 22.5 Å². The third kappa shape index (κ3) is 4.01. The molecular formula is C28H28N4O2. The second-order valence-electron chi connectivity index (χ2n) is 8.95. The predicted molar refractivity (Wildman–Crippen MR) is 135 cm³/mol. The SMILES string of the molecule is CC1CN(c2nnc(-c3ccc(CO)cc3)c3ccccc23)C(C)CN1C(=O)c1ccccc1. The molecule has 1 N–H and O–H groups in total. The number of anilines is 1. The van der Waals surface area contributed by atoms with Crippen LogP contribution < -0.4 is 4.90 Å². The summed E-state index contributed by atoms with van der Waals surface area (Å²) in [5, 5.41) is 20.8. The third-order valence-corrected chi connectivity index (χ3v) is 6.62. The van der Waals surface area contributed by atoms with Gasteiger partial charge < -0.3 is 14.9 Å². The van der Waals surface area contributed by atoms with E-state index in [-0.39, 0.29) is 24.6 Å². The van der Waals surface area contributed by atoms with Crippen molar-refractivity contribution in [3.8, 4) is 11.3 Å². The highest BCUT2D eigenvalue weighted by atomic mass is 16.3. The van der Waals surface area contributed by atoms with Crippen molar-refractivity contribution in [3.63, 3.8) is 0 Å². The van der Waals surface area contributed by atoms with Crippen LogP contribution in [-0.4, -0.2) is 51.3 Å². The third-order valence-electron chi connectivity index (χ3n) is 6.62. The van der Waals surface area contributed by atoms with Crippen LogP contribution in [-0.2, 0) is 6.61 Å². The van der Waals surface area contributed by atoms with Gasteiger partial charge in [0, 0.05) is 47.1 Å². The van der Waals surface area contributed by atoms with E-state index in [4.69, 9.17) is 0 Å². The lowest BCUT2D eigenvalue weighted by Gasteiger charge is -2.44. The standard InChI is InChI=1S/C28H28N4O2/c1-19-17-32(28(34)23-8-4-3-5-9-23)20(2)16-31(19)27-25-11-7-6-10-24(25)26(29-30-27)22-14-12-21(18-33)13-15-22/h3-15,19-20,33H,16-18H2,1-2H3. The van der Waals surface area contributed by atoms with Gasteiger partial charge in [-0.2, -0.15) is 0 Å². The predicted octanol–water partition coefficient (Wildman–Crippen LogP) is 4.53. The van der Waals surface area contributed by atoms with E-state index in [0.29, 0.717) is 13.1 Å². The van der Waals surface area contributed by atoms with E-state index in [1.54, 1.807) is 0 Å². The number of hydrogen-bond acceptors (Lipinski definition) is 5. The smallest absolute Gasteiger partial charge is 0.254 e. The van der Waals surface area contributed by atoms with Gasteiger partial charge in [-0.1, -0.05) is 66.7 Å². The monoisotopic (exact) mass is 452 g/mol. The molecule has 2 unspecified atom stereocenters. The van der Waals surface area contributed by atoms with E-state index in [0.717, 1.165) is 39.0 Å². The minimum absolute atomic E-state index is 0.0144. The van der Waals surface area contributed by atoms with Crippen molar-refractivity contribution < 1.29 is 9.90 Å². The lowest BCUT2D eigenvalue weighted by molar-refractivity contribution is 0.0644. The average Bonchev–Trinajstić information content (AvgIpc) is 2.89.